The lowest BCUT2D eigenvalue weighted by Gasteiger charge is -2.41. The summed E-state index contributed by atoms with van der Waals surface area (Å²) in [5, 5.41) is 10.9. The van der Waals surface area contributed by atoms with E-state index in [1.165, 1.54) is 10.6 Å². The van der Waals surface area contributed by atoms with Gasteiger partial charge in [0, 0.05) is 23.4 Å². The van der Waals surface area contributed by atoms with Crippen molar-refractivity contribution < 1.29 is 5.11 Å². The third-order valence-electron chi connectivity index (χ3n) is 4.24. The molecule has 1 aliphatic rings. The lowest BCUT2D eigenvalue weighted by atomic mass is 9.78. The molecular weight excluding hydrogens is 268 g/mol. The molecule has 1 aromatic heterocycles. The van der Waals surface area contributed by atoms with E-state index in [4.69, 9.17) is 0 Å². The largest absolute Gasteiger partial charge is 0.396 e. The summed E-state index contributed by atoms with van der Waals surface area (Å²) in [6, 6.07) is 0. The van der Waals surface area contributed by atoms with Gasteiger partial charge in [0.05, 0.1) is 17.3 Å². The molecule has 2 rings (SSSR count). The third-order valence-corrected chi connectivity index (χ3v) is 5.24. The highest BCUT2D eigenvalue weighted by Gasteiger charge is 2.34. The second kappa shape index (κ2) is 6.83. The van der Waals surface area contributed by atoms with Crippen molar-refractivity contribution in [3.05, 3.63) is 28.2 Å². The van der Waals surface area contributed by atoms with Gasteiger partial charge < -0.3 is 5.11 Å². The Morgan fingerprint density at radius 1 is 1.55 bits per heavy atom. The van der Waals surface area contributed by atoms with E-state index in [9.17, 15) is 5.11 Å². The van der Waals surface area contributed by atoms with Crippen LogP contribution in [-0.4, -0.2) is 34.7 Å². The molecule has 1 fully saturated rings. The van der Waals surface area contributed by atoms with E-state index in [0.717, 1.165) is 50.3 Å². The van der Waals surface area contributed by atoms with Crippen LogP contribution in [0, 0.1) is 12.3 Å². The molecule has 0 spiro atoms. The van der Waals surface area contributed by atoms with Crippen LogP contribution < -0.4 is 0 Å². The Hall–Kier alpha value is -0.710. The zero-order valence-electron chi connectivity index (χ0n) is 12.7. The number of hydrogen-bond donors (Lipinski definition) is 1. The SMILES string of the molecule is C=CCC1(CO)CCCN(Cc2sc(C)nc2CC)C1. The molecule has 0 amide bonds. The number of aliphatic hydroxyl groups is 1. The van der Waals surface area contributed by atoms with Crippen LogP contribution in [0.1, 0.15) is 41.8 Å². The topological polar surface area (TPSA) is 36.4 Å². The van der Waals surface area contributed by atoms with Crippen molar-refractivity contribution in [3.63, 3.8) is 0 Å². The molecule has 4 heteroatoms. The Balaban J connectivity index is 2.07. The Morgan fingerprint density at radius 2 is 2.35 bits per heavy atom. The number of nitrogens with zero attached hydrogens (tertiary/aromatic N) is 2. The fourth-order valence-electron chi connectivity index (χ4n) is 3.23. The predicted octanol–water partition coefficient (Wildman–Crippen LogP) is 3.16. The van der Waals surface area contributed by atoms with Crippen molar-refractivity contribution in [1.29, 1.82) is 0 Å². The summed E-state index contributed by atoms with van der Waals surface area (Å²) < 4.78 is 0. The average Bonchev–Trinajstić information content (AvgIpc) is 2.79. The minimum Gasteiger partial charge on any atom is -0.396 e. The minimum absolute atomic E-state index is 0.0200. The molecule has 1 unspecified atom stereocenters. The van der Waals surface area contributed by atoms with E-state index in [-0.39, 0.29) is 12.0 Å². The molecule has 112 valence electrons. The van der Waals surface area contributed by atoms with E-state index in [1.54, 1.807) is 0 Å². The molecule has 20 heavy (non-hydrogen) atoms. The van der Waals surface area contributed by atoms with Gasteiger partial charge in [0.1, 0.15) is 0 Å². The molecule has 1 aliphatic heterocycles. The van der Waals surface area contributed by atoms with Gasteiger partial charge in [-0.3, -0.25) is 4.90 Å². The Morgan fingerprint density at radius 3 is 3.00 bits per heavy atom. The van der Waals surface area contributed by atoms with E-state index >= 15 is 0 Å². The lowest BCUT2D eigenvalue weighted by molar-refractivity contribution is 0.0312. The van der Waals surface area contributed by atoms with E-state index < -0.39 is 0 Å². The fraction of sp³-hybridized carbons (Fsp3) is 0.688. The number of aromatic nitrogens is 1. The highest BCUT2D eigenvalue weighted by Crippen LogP contribution is 2.34. The lowest BCUT2D eigenvalue weighted by Crippen LogP contribution is -2.44. The number of piperidine rings is 1. The number of aryl methyl sites for hydroxylation is 2. The third kappa shape index (κ3) is 3.48. The molecule has 0 aliphatic carbocycles. The highest BCUT2D eigenvalue weighted by molar-refractivity contribution is 7.11. The van der Waals surface area contributed by atoms with Crippen LogP contribution in [-0.2, 0) is 13.0 Å². The number of thiazole rings is 1. The van der Waals surface area contributed by atoms with Gasteiger partial charge in [-0.2, -0.15) is 0 Å². The zero-order valence-corrected chi connectivity index (χ0v) is 13.5. The van der Waals surface area contributed by atoms with Gasteiger partial charge in [-0.1, -0.05) is 13.0 Å². The van der Waals surface area contributed by atoms with E-state index in [0.29, 0.717) is 0 Å². The Bertz CT molecular complexity index is 457. The van der Waals surface area contributed by atoms with Crippen LogP contribution in [0.5, 0.6) is 0 Å². The first-order valence-electron chi connectivity index (χ1n) is 7.52. The number of allylic oxidation sites excluding steroid dienone is 1. The van der Waals surface area contributed by atoms with Gasteiger partial charge in [0.15, 0.2) is 0 Å². The van der Waals surface area contributed by atoms with Gasteiger partial charge in [0.2, 0.25) is 0 Å². The summed E-state index contributed by atoms with van der Waals surface area (Å²) in [5.41, 5.74) is 1.27. The molecule has 0 radical (unpaired) electrons. The van der Waals surface area contributed by atoms with Gasteiger partial charge >= 0.3 is 0 Å². The Labute approximate surface area is 126 Å². The molecule has 1 aromatic rings. The number of hydrogen-bond acceptors (Lipinski definition) is 4. The first kappa shape index (κ1) is 15.7. The molecule has 0 saturated carbocycles. The molecule has 1 saturated heterocycles. The van der Waals surface area contributed by atoms with Gasteiger partial charge in [-0.15, -0.1) is 17.9 Å². The van der Waals surface area contributed by atoms with Crippen LogP contribution in [0.2, 0.25) is 0 Å². The molecule has 1 N–H and O–H groups in total. The van der Waals surface area contributed by atoms with Crippen molar-refractivity contribution in [2.24, 2.45) is 5.41 Å². The van der Waals surface area contributed by atoms with E-state index in [1.807, 2.05) is 17.4 Å². The normalized spacial score (nSPS) is 23.9. The maximum Gasteiger partial charge on any atom is 0.0900 e. The first-order valence-corrected chi connectivity index (χ1v) is 8.33. The first-order chi connectivity index (χ1) is 9.62. The predicted molar refractivity (Wildman–Crippen MR) is 85.1 cm³/mol. The van der Waals surface area contributed by atoms with Crippen molar-refractivity contribution in [1.82, 2.24) is 9.88 Å². The fourth-order valence-corrected chi connectivity index (χ4v) is 4.29. The second-order valence-electron chi connectivity index (χ2n) is 5.92. The maximum absolute atomic E-state index is 9.78. The molecule has 3 nitrogen and oxygen atoms in total. The van der Waals surface area contributed by atoms with Crippen LogP contribution in [0.3, 0.4) is 0 Å². The zero-order chi connectivity index (χ0) is 14.6. The monoisotopic (exact) mass is 294 g/mol. The van der Waals surface area contributed by atoms with Crippen LogP contribution in [0.15, 0.2) is 12.7 Å². The minimum atomic E-state index is 0.0200. The van der Waals surface area contributed by atoms with E-state index in [2.05, 4.69) is 30.3 Å². The van der Waals surface area contributed by atoms with Gasteiger partial charge in [-0.25, -0.2) is 4.98 Å². The molecule has 0 bridgehead atoms. The molecule has 0 aromatic carbocycles. The summed E-state index contributed by atoms with van der Waals surface area (Å²) in [6.45, 7) is 11.4. The standard InChI is InChI=1S/C16H26N2OS/c1-4-7-16(12-19)8-6-9-18(11-16)10-15-14(5-2)17-13(3)20-15/h4,19H,1,5-12H2,2-3H3. The average molecular weight is 294 g/mol. The van der Waals surface area contributed by atoms with Crippen LogP contribution in [0.25, 0.3) is 0 Å². The summed E-state index contributed by atoms with van der Waals surface area (Å²) >= 11 is 1.82. The highest BCUT2D eigenvalue weighted by atomic mass is 32.1. The molecular formula is C16H26N2OS. The summed E-state index contributed by atoms with van der Waals surface area (Å²) in [4.78, 5) is 8.50. The van der Waals surface area contributed by atoms with Crippen molar-refractivity contribution >= 4 is 11.3 Å². The maximum atomic E-state index is 9.78. The molecule has 1 atom stereocenters. The number of rotatable bonds is 6. The number of likely N-dealkylation sites (tertiary alicyclic amines) is 1. The van der Waals surface area contributed by atoms with Gasteiger partial charge in [0.25, 0.3) is 0 Å². The summed E-state index contributed by atoms with van der Waals surface area (Å²) in [7, 11) is 0. The van der Waals surface area contributed by atoms with Crippen molar-refractivity contribution in [3.8, 4) is 0 Å². The quantitative estimate of drug-likeness (QED) is 0.819. The van der Waals surface area contributed by atoms with Crippen molar-refractivity contribution in [2.45, 2.75) is 46.1 Å². The van der Waals surface area contributed by atoms with Crippen molar-refractivity contribution in [2.75, 3.05) is 19.7 Å². The van der Waals surface area contributed by atoms with Crippen LogP contribution >= 0.6 is 11.3 Å². The smallest absolute Gasteiger partial charge is 0.0900 e. The summed E-state index contributed by atoms with van der Waals surface area (Å²) in [6.07, 6.45) is 6.13. The van der Waals surface area contributed by atoms with Crippen LogP contribution in [0.4, 0.5) is 0 Å². The summed E-state index contributed by atoms with van der Waals surface area (Å²) in [5.74, 6) is 0. The molecule has 2 heterocycles. The number of aliphatic hydroxyl groups excluding tert-OH is 1. The Kier molecular flexibility index (Phi) is 5.35. The van der Waals surface area contributed by atoms with Gasteiger partial charge in [-0.05, 0) is 39.2 Å². The second-order valence-corrected chi connectivity index (χ2v) is 7.21.